The van der Waals surface area contributed by atoms with Crippen molar-refractivity contribution in [3.05, 3.63) is 58.5 Å². The van der Waals surface area contributed by atoms with E-state index >= 15 is 0 Å². The number of halogens is 1. The lowest BCUT2D eigenvalue weighted by Gasteiger charge is -2.05. The fourth-order valence-electron chi connectivity index (χ4n) is 1.69. The zero-order chi connectivity index (χ0) is 15.5. The molecule has 0 fully saturated rings. The van der Waals surface area contributed by atoms with E-state index in [4.69, 9.17) is 21.2 Å². The molecule has 8 heteroatoms. The van der Waals surface area contributed by atoms with Crippen LogP contribution in [0.25, 0.3) is 0 Å². The van der Waals surface area contributed by atoms with Gasteiger partial charge in [-0.3, -0.25) is 4.79 Å². The first-order chi connectivity index (χ1) is 9.83. The third kappa shape index (κ3) is 4.89. The zero-order valence-electron chi connectivity index (χ0n) is 10.9. The normalized spacial score (nSPS) is 11.3. The van der Waals surface area contributed by atoms with Gasteiger partial charge in [0, 0.05) is 6.54 Å². The first-order valence-electron chi connectivity index (χ1n) is 5.95. The minimum absolute atomic E-state index is 0.130. The van der Waals surface area contributed by atoms with E-state index in [1.807, 2.05) is 0 Å². The van der Waals surface area contributed by atoms with Gasteiger partial charge in [-0.15, -0.1) is 0 Å². The number of furan rings is 1. The summed E-state index contributed by atoms with van der Waals surface area (Å²) in [5, 5.41) is 7.77. The molecule has 0 aliphatic heterocycles. The molecule has 1 heterocycles. The van der Waals surface area contributed by atoms with Gasteiger partial charge in [0.25, 0.3) is 5.91 Å². The highest BCUT2D eigenvalue weighted by molar-refractivity contribution is 7.88. The topological polar surface area (TPSA) is 102 Å². The fourth-order valence-corrected chi connectivity index (χ4v) is 2.49. The summed E-state index contributed by atoms with van der Waals surface area (Å²) in [7, 11) is -3.54. The number of sulfonamides is 1. The number of hydrogen-bond acceptors (Lipinski definition) is 4. The Morgan fingerprint density at radius 3 is 2.29 bits per heavy atom. The van der Waals surface area contributed by atoms with Crippen molar-refractivity contribution >= 4 is 27.5 Å². The molecule has 6 nitrogen and oxygen atoms in total. The number of nitrogens with one attached hydrogen (secondary N) is 1. The van der Waals surface area contributed by atoms with Crippen LogP contribution >= 0.6 is 11.6 Å². The number of hydrogen-bond donors (Lipinski definition) is 2. The molecule has 0 spiro atoms. The molecule has 0 unspecified atom stereocenters. The molecule has 1 aromatic carbocycles. The summed E-state index contributed by atoms with van der Waals surface area (Å²) in [5.41, 5.74) is 1.41. The van der Waals surface area contributed by atoms with Crippen LogP contribution in [0.3, 0.4) is 0 Å². The van der Waals surface area contributed by atoms with E-state index in [-0.39, 0.29) is 29.2 Å². The Hall–Kier alpha value is -1.83. The van der Waals surface area contributed by atoms with Gasteiger partial charge < -0.3 is 9.73 Å². The van der Waals surface area contributed by atoms with Gasteiger partial charge in [-0.1, -0.05) is 24.3 Å². The Balaban J connectivity index is 1.93. The summed E-state index contributed by atoms with van der Waals surface area (Å²) in [6, 6.07) is 9.70. The van der Waals surface area contributed by atoms with Gasteiger partial charge in [0.15, 0.2) is 11.0 Å². The lowest BCUT2D eigenvalue weighted by atomic mass is 10.1. The molecule has 1 aromatic heterocycles. The van der Waals surface area contributed by atoms with Crippen molar-refractivity contribution in [2.75, 3.05) is 0 Å². The highest BCUT2D eigenvalue weighted by Gasteiger charge is 2.10. The SMILES string of the molecule is NS(=O)(=O)Cc1ccc(CNC(=O)c2ccc(Cl)o2)cc1. The van der Waals surface area contributed by atoms with E-state index in [9.17, 15) is 13.2 Å². The first-order valence-corrected chi connectivity index (χ1v) is 8.05. The van der Waals surface area contributed by atoms with E-state index in [0.717, 1.165) is 5.56 Å². The minimum Gasteiger partial charge on any atom is -0.440 e. The van der Waals surface area contributed by atoms with Gasteiger partial charge in [-0.25, -0.2) is 13.6 Å². The minimum atomic E-state index is -3.54. The Morgan fingerprint density at radius 1 is 1.14 bits per heavy atom. The van der Waals surface area contributed by atoms with Crippen molar-refractivity contribution in [2.24, 2.45) is 5.14 Å². The fraction of sp³-hybridized carbons (Fsp3) is 0.154. The van der Waals surface area contributed by atoms with Crippen LogP contribution in [0, 0.1) is 0 Å². The summed E-state index contributed by atoms with van der Waals surface area (Å²) >= 11 is 5.59. The number of rotatable bonds is 5. The molecule has 0 saturated heterocycles. The number of benzene rings is 1. The van der Waals surface area contributed by atoms with Crippen LogP contribution in [0.5, 0.6) is 0 Å². The largest absolute Gasteiger partial charge is 0.440 e. The Kier molecular flexibility index (Phi) is 4.66. The highest BCUT2D eigenvalue weighted by atomic mass is 35.5. The van der Waals surface area contributed by atoms with E-state index in [1.165, 1.54) is 12.1 Å². The van der Waals surface area contributed by atoms with Gasteiger partial charge in [0.2, 0.25) is 10.0 Å². The van der Waals surface area contributed by atoms with E-state index in [1.54, 1.807) is 24.3 Å². The molecule has 0 radical (unpaired) electrons. The molecule has 21 heavy (non-hydrogen) atoms. The van der Waals surface area contributed by atoms with Crippen LogP contribution in [0.1, 0.15) is 21.7 Å². The van der Waals surface area contributed by atoms with Crippen molar-refractivity contribution in [2.45, 2.75) is 12.3 Å². The second-order valence-electron chi connectivity index (χ2n) is 4.41. The number of nitrogens with two attached hydrogens (primary N) is 1. The van der Waals surface area contributed by atoms with Gasteiger partial charge >= 0.3 is 0 Å². The molecule has 0 bridgehead atoms. The molecule has 0 aliphatic carbocycles. The Bertz CT molecular complexity index is 738. The Morgan fingerprint density at radius 2 is 1.76 bits per heavy atom. The maximum absolute atomic E-state index is 11.7. The summed E-state index contributed by atoms with van der Waals surface area (Å²) in [5.74, 6) is -0.466. The molecular formula is C13H13ClN2O4S. The van der Waals surface area contributed by atoms with E-state index < -0.39 is 10.0 Å². The van der Waals surface area contributed by atoms with Gasteiger partial charge in [-0.05, 0) is 34.9 Å². The quantitative estimate of drug-likeness (QED) is 0.871. The monoisotopic (exact) mass is 328 g/mol. The van der Waals surface area contributed by atoms with Crippen molar-refractivity contribution in [3.63, 3.8) is 0 Å². The molecule has 2 rings (SSSR count). The first kappa shape index (κ1) is 15.6. The zero-order valence-corrected chi connectivity index (χ0v) is 12.4. The Labute approximate surface area is 126 Å². The summed E-state index contributed by atoms with van der Waals surface area (Å²) in [6.45, 7) is 0.285. The predicted molar refractivity (Wildman–Crippen MR) is 78.1 cm³/mol. The third-order valence-corrected chi connectivity index (χ3v) is 3.58. The van der Waals surface area contributed by atoms with Crippen LogP contribution in [-0.2, 0) is 22.3 Å². The lowest BCUT2D eigenvalue weighted by molar-refractivity contribution is 0.0923. The second-order valence-corrected chi connectivity index (χ2v) is 6.40. The summed E-state index contributed by atoms with van der Waals surface area (Å²) in [6.07, 6.45) is 0. The summed E-state index contributed by atoms with van der Waals surface area (Å²) in [4.78, 5) is 11.7. The van der Waals surface area contributed by atoms with Gasteiger partial charge in [0.1, 0.15) is 0 Å². The average molecular weight is 329 g/mol. The molecule has 0 aliphatic rings. The molecule has 1 amide bonds. The number of carbonyl (C=O) groups is 1. The maximum atomic E-state index is 11.7. The molecule has 112 valence electrons. The van der Waals surface area contributed by atoms with E-state index in [2.05, 4.69) is 5.32 Å². The maximum Gasteiger partial charge on any atom is 0.287 e. The lowest BCUT2D eigenvalue weighted by Crippen LogP contribution is -2.22. The van der Waals surface area contributed by atoms with E-state index in [0.29, 0.717) is 5.56 Å². The molecule has 3 N–H and O–H groups in total. The van der Waals surface area contributed by atoms with Gasteiger partial charge in [-0.2, -0.15) is 0 Å². The average Bonchev–Trinajstić information content (AvgIpc) is 2.82. The molecule has 0 atom stereocenters. The van der Waals surface area contributed by atoms with Crippen LogP contribution < -0.4 is 10.5 Å². The van der Waals surface area contributed by atoms with Crippen molar-refractivity contribution in [1.82, 2.24) is 5.32 Å². The van der Waals surface area contributed by atoms with Crippen molar-refractivity contribution in [3.8, 4) is 0 Å². The third-order valence-electron chi connectivity index (χ3n) is 2.64. The van der Waals surface area contributed by atoms with Crippen molar-refractivity contribution in [1.29, 1.82) is 0 Å². The second kappa shape index (κ2) is 6.30. The highest BCUT2D eigenvalue weighted by Crippen LogP contribution is 2.13. The molecule has 2 aromatic rings. The predicted octanol–water partition coefficient (Wildman–Crippen LogP) is 1.65. The summed E-state index contributed by atoms with van der Waals surface area (Å²) < 4.78 is 26.9. The van der Waals surface area contributed by atoms with Crippen LogP contribution in [0.15, 0.2) is 40.8 Å². The standard InChI is InChI=1S/C13H13ClN2O4S/c14-12-6-5-11(20-12)13(17)16-7-9-1-3-10(4-2-9)8-21(15,18)19/h1-6H,7-8H2,(H,16,17)(H2,15,18,19). The van der Waals surface area contributed by atoms with Crippen LogP contribution in [0.4, 0.5) is 0 Å². The van der Waals surface area contributed by atoms with Crippen LogP contribution in [-0.4, -0.2) is 14.3 Å². The van der Waals surface area contributed by atoms with Gasteiger partial charge in [0.05, 0.1) is 5.75 Å². The number of amides is 1. The smallest absolute Gasteiger partial charge is 0.287 e. The number of carbonyl (C=O) groups excluding carboxylic acids is 1. The molecular weight excluding hydrogens is 316 g/mol. The molecule has 0 saturated carbocycles. The van der Waals surface area contributed by atoms with Crippen LogP contribution in [0.2, 0.25) is 5.22 Å². The number of primary sulfonamides is 1. The van der Waals surface area contributed by atoms with Crippen molar-refractivity contribution < 1.29 is 17.6 Å².